The van der Waals surface area contributed by atoms with Crippen LogP contribution >= 0.6 is 0 Å². The van der Waals surface area contributed by atoms with Crippen molar-refractivity contribution in [3.63, 3.8) is 0 Å². The molecule has 1 aromatic carbocycles. The van der Waals surface area contributed by atoms with Crippen molar-refractivity contribution < 1.29 is 24.5 Å². The zero-order valence-corrected chi connectivity index (χ0v) is 8.85. The fourth-order valence-electron chi connectivity index (χ4n) is 0.797. The van der Waals surface area contributed by atoms with Gasteiger partial charge in [-0.25, -0.2) is 0 Å². The molecule has 0 aliphatic heterocycles. The number of carboxylic acids is 1. The van der Waals surface area contributed by atoms with Crippen molar-refractivity contribution in [3.05, 3.63) is 18.2 Å². The van der Waals surface area contributed by atoms with Crippen LogP contribution in [0, 0.1) is 0 Å². The number of aliphatic carboxylic acids is 1. The van der Waals surface area contributed by atoms with Gasteiger partial charge in [0.2, 0.25) is 0 Å². The number of ether oxygens (including phenoxy) is 2. The zero-order chi connectivity index (χ0) is 11.8. The van der Waals surface area contributed by atoms with Crippen molar-refractivity contribution in [2.45, 2.75) is 6.92 Å². The van der Waals surface area contributed by atoms with Gasteiger partial charge in [0, 0.05) is 13.0 Å². The highest BCUT2D eigenvalue weighted by Gasteiger charge is 2.00. The lowest BCUT2D eigenvalue weighted by Gasteiger charge is -2.04. The maximum atomic E-state index is 9.22. The van der Waals surface area contributed by atoms with Crippen molar-refractivity contribution in [1.29, 1.82) is 0 Å². The largest absolute Gasteiger partial charge is 0.504 e. The first-order chi connectivity index (χ1) is 7.01. The van der Waals surface area contributed by atoms with Crippen LogP contribution in [0.5, 0.6) is 17.2 Å². The predicted octanol–water partition coefficient (Wildman–Crippen LogP) is 1.50. The third-order valence-corrected chi connectivity index (χ3v) is 1.39. The first-order valence-electron chi connectivity index (χ1n) is 4.11. The minimum absolute atomic E-state index is 0.0897. The molecule has 0 heterocycles. The molecule has 0 unspecified atom stereocenters. The Balaban J connectivity index is 0.000000423. The second kappa shape index (κ2) is 6.53. The van der Waals surface area contributed by atoms with Crippen molar-refractivity contribution in [3.8, 4) is 17.2 Å². The van der Waals surface area contributed by atoms with Gasteiger partial charge in [-0.2, -0.15) is 0 Å². The average Bonchev–Trinajstić information content (AvgIpc) is 2.16. The molecule has 15 heavy (non-hydrogen) atoms. The summed E-state index contributed by atoms with van der Waals surface area (Å²) < 4.78 is 9.72. The van der Waals surface area contributed by atoms with Gasteiger partial charge in [-0.3, -0.25) is 4.79 Å². The molecule has 5 heteroatoms. The van der Waals surface area contributed by atoms with E-state index in [-0.39, 0.29) is 5.75 Å². The van der Waals surface area contributed by atoms with Gasteiger partial charge in [0.25, 0.3) is 5.97 Å². The van der Waals surface area contributed by atoms with Crippen LogP contribution in [0.2, 0.25) is 0 Å². The minimum atomic E-state index is -0.833. The third kappa shape index (κ3) is 5.41. The third-order valence-electron chi connectivity index (χ3n) is 1.39. The molecule has 0 fully saturated rings. The monoisotopic (exact) mass is 214 g/mol. The molecule has 0 saturated heterocycles. The quantitative estimate of drug-likeness (QED) is 0.780. The summed E-state index contributed by atoms with van der Waals surface area (Å²) in [5.74, 6) is 0.320. The van der Waals surface area contributed by atoms with Crippen molar-refractivity contribution in [2.75, 3.05) is 14.2 Å². The normalized spacial score (nSPS) is 8.47. The Labute approximate surface area is 87.9 Å². The molecule has 0 radical (unpaired) electrons. The van der Waals surface area contributed by atoms with Gasteiger partial charge < -0.3 is 19.7 Å². The Hall–Kier alpha value is -1.91. The minimum Gasteiger partial charge on any atom is -0.504 e. The van der Waals surface area contributed by atoms with Gasteiger partial charge in [0.1, 0.15) is 5.75 Å². The number of phenols is 1. The fraction of sp³-hybridized carbons (Fsp3) is 0.300. The van der Waals surface area contributed by atoms with Crippen LogP contribution in [0.25, 0.3) is 0 Å². The lowest BCUT2D eigenvalue weighted by Crippen LogP contribution is -1.85. The Bertz CT molecular complexity index is 318. The highest BCUT2D eigenvalue weighted by molar-refractivity contribution is 5.62. The summed E-state index contributed by atoms with van der Waals surface area (Å²) in [6, 6.07) is 4.87. The van der Waals surface area contributed by atoms with E-state index in [9.17, 15) is 5.11 Å². The van der Waals surface area contributed by atoms with E-state index in [0.29, 0.717) is 11.5 Å². The van der Waals surface area contributed by atoms with E-state index in [1.807, 2.05) is 0 Å². The van der Waals surface area contributed by atoms with E-state index in [0.717, 1.165) is 6.92 Å². The summed E-state index contributed by atoms with van der Waals surface area (Å²) in [7, 11) is 3.04. The molecule has 0 atom stereocenters. The van der Waals surface area contributed by atoms with Gasteiger partial charge in [-0.05, 0) is 12.1 Å². The number of hydrogen-bond acceptors (Lipinski definition) is 4. The van der Waals surface area contributed by atoms with E-state index >= 15 is 0 Å². The van der Waals surface area contributed by atoms with Crippen LogP contribution in [0.4, 0.5) is 0 Å². The standard InChI is InChI=1S/C8H10O3.C2H4O2/c1-10-6-3-4-8(11-2)7(9)5-6;1-2(3)4/h3-5,9H,1-2H3;1H3,(H,3,4). The molecular weight excluding hydrogens is 200 g/mol. The molecule has 1 rings (SSSR count). The molecule has 0 aliphatic carbocycles. The molecule has 0 bridgehead atoms. The van der Waals surface area contributed by atoms with Gasteiger partial charge in [-0.15, -0.1) is 0 Å². The van der Waals surface area contributed by atoms with Gasteiger partial charge in [0.15, 0.2) is 11.5 Å². The van der Waals surface area contributed by atoms with Gasteiger partial charge in [-0.1, -0.05) is 0 Å². The summed E-state index contributed by atoms with van der Waals surface area (Å²) in [6.45, 7) is 1.08. The van der Waals surface area contributed by atoms with Crippen LogP contribution in [-0.4, -0.2) is 30.4 Å². The van der Waals surface area contributed by atoms with E-state index in [2.05, 4.69) is 0 Å². The Morgan fingerprint density at radius 1 is 1.27 bits per heavy atom. The first kappa shape index (κ1) is 13.1. The molecular formula is C10H14O5. The Kier molecular flexibility index (Phi) is 5.70. The average molecular weight is 214 g/mol. The number of hydrogen-bond donors (Lipinski definition) is 2. The van der Waals surface area contributed by atoms with Gasteiger partial charge >= 0.3 is 0 Å². The summed E-state index contributed by atoms with van der Waals surface area (Å²) in [5, 5.41) is 16.6. The maximum absolute atomic E-state index is 9.22. The summed E-state index contributed by atoms with van der Waals surface area (Å²) in [6.07, 6.45) is 0. The second-order valence-electron chi connectivity index (χ2n) is 2.56. The summed E-state index contributed by atoms with van der Waals surface area (Å²) in [4.78, 5) is 9.00. The number of carboxylic acid groups (broad SMARTS) is 1. The van der Waals surface area contributed by atoms with Crippen molar-refractivity contribution in [1.82, 2.24) is 0 Å². The number of carbonyl (C=O) groups is 1. The van der Waals surface area contributed by atoms with Gasteiger partial charge in [0.05, 0.1) is 14.2 Å². The molecule has 0 spiro atoms. The summed E-state index contributed by atoms with van der Waals surface area (Å²) >= 11 is 0. The van der Waals surface area contributed by atoms with Crippen molar-refractivity contribution >= 4 is 5.97 Å². The van der Waals surface area contributed by atoms with E-state index in [1.54, 1.807) is 19.2 Å². The molecule has 0 aliphatic rings. The SMILES string of the molecule is CC(=O)O.COc1ccc(OC)c(O)c1. The molecule has 0 amide bonds. The molecule has 2 N–H and O–H groups in total. The van der Waals surface area contributed by atoms with Crippen LogP contribution in [-0.2, 0) is 4.79 Å². The lowest BCUT2D eigenvalue weighted by molar-refractivity contribution is -0.134. The second-order valence-corrected chi connectivity index (χ2v) is 2.56. The molecule has 1 aromatic rings. The predicted molar refractivity (Wildman–Crippen MR) is 54.5 cm³/mol. The zero-order valence-electron chi connectivity index (χ0n) is 8.85. The number of phenolic OH excluding ortho intramolecular Hbond substituents is 1. The number of rotatable bonds is 2. The number of methoxy groups -OCH3 is 2. The molecule has 0 aromatic heterocycles. The smallest absolute Gasteiger partial charge is 0.300 e. The van der Waals surface area contributed by atoms with Crippen LogP contribution in [0.15, 0.2) is 18.2 Å². The van der Waals surface area contributed by atoms with E-state index in [4.69, 9.17) is 19.4 Å². The lowest BCUT2D eigenvalue weighted by atomic mass is 10.3. The number of aromatic hydroxyl groups is 1. The van der Waals surface area contributed by atoms with E-state index in [1.165, 1.54) is 13.2 Å². The number of benzene rings is 1. The Morgan fingerprint density at radius 3 is 2.13 bits per heavy atom. The van der Waals surface area contributed by atoms with Crippen molar-refractivity contribution in [2.24, 2.45) is 0 Å². The maximum Gasteiger partial charge on any atom is 0.300 e. The van der Waals surface area contributed by atoms with Crippen LogP contribution in [0.3, 0.4) is 0 Å². The van der Waals surface area contributed by atoms with E-state index < -0.39 is 5.97 Å². The van der Waals surface area contributed by atoms with Crippen LogP contribution < -0.4 is 9.47 Å². The highest BCUT2D eigenvalue weighted by atomic mass is 16.5. The molecule has 0 saturated carbocycles. The summed E-state index contributed by atoms with van der Waals surface area (Å²) in [5.41, 5.74) is 0. The highest BCUT2D eigenvalue weighted by Crippen LogP contribution is 2.29. The first-order valence-corrected chi connectivity index (χ1v) is 4.11. The topological polar surface area (TPSA) is 76.0 Å². The fourth-order valence-corrected chi connectivity index (χ4v) is 0.797. The molecule has 5 nitrogen and oxygen atoms in total. The molecule has 84 valence electrons. The van der Waals surface area contributed by atoms with Crippen LogP contribution in [0.1, 0.15) is 6.92 Å². The Morgan fingerprint density at radius 2 is 1.80 bits per heavy atom.